The number of nitrogens with two attached hydrogens (primary N) is 1. The van der Waals surface area contributed by atoms with E-state index in [1.54, 1.807) is 13.0 Å². The molecule has 0 atom stereocenters. The fourth-order valence-corrected chi connectivity index (χ4v) is 2.25. The fourth-order valence-electron chi connectivity index (χ4n) is 2.25. The van der Waals surface area contributed by atoms with Crippen molar-refractivity contribution in [3.63, 3.8) is 0 Å². The maximum atomic E-state index is 13.6. The van der Waals surface area contributed by atoms with E-state index in [1.165, 1.54) is 12.1 Å². The molecule has 0 spiro atoms. The Morgan fingerprint density at radius 1 is 1.27 bits per heavy atom. The van der Waals surface area contributed by atoms with Crippen LogP contribution in [-0.4, -0.2) is 30.0 Å². The van der Waals surface area contributed by atoms with Crippen LogP contribution in [-0.2, 0) is 9.31 Å². The van der Waals surface area contributed by atoms with Crippen LogP contribution in [0.2, 0.25) is 0 Å². The van der Waals surface area contributed by atoms with E-state index < -0.39 is 24.1 Å². The van der Waals surface area contributed by atoms with E-state index in [0.717, 1.165) is 5.56 Å². The molecule has 4 nitrogen and oxygen atoms in total. The molecule has 0 aliphatic carbocycles. The molecule has 0 aromatic heterocycles. The lowest BCUT2D eigenvalue weighted by Gasteiger charge is -2.32. The molecule has 1 heterocycles. The molecule has 0 amide bonds. The van der Waals surface area contributed by atoms with Crippen molar-refractivity contribution in [1.82, 2.24) is 0 Å². The molecular weight excluding hydrogens is 284 g/mol. The van der Waals surface area contributed by atoms with Crippen LogP contribution in [0.5, 0.6) is 0 Å². The summed E-state index contributed by atoms with van der Waals surface area (Å²) >= 11 is 0. The van der Waals surface area contributed by atoms with Crippen molar-refractivity contribution in [2.24, 2.45) is 0 Å². The molecule has 120 valence electrons. The van der Waals surface area contributed by atoms with Gasteiger partial charge in [0.2, 0.25) is 0 Å². The Hall–Kier alpha value is -1.37. The highest BCUT2D eigenvalue weighted by molar-refractivity contribution is 6.55. The van der Waals surface area contributed by atoms with Crippen LogP contribution in [0.4, 0.5) is 10.1 Å². The number of halogens is 1. The first-order valence-electron chi connectivity index (χ1n) is 7.30. The standard InChI is InChI=1S/C16H23BFNO3/c1-10-11(7-13(18)8-14(10)19)6-12(9-20)17-21-15(2,3)16(4,5)22-17/h6-8,20H,9,19H2,1-5H3. The minimum absolute atomic E-state index is 0.243. The summed E-state index contributed by atoms with van der Waals surface area (Å²) in [6.45, 7) is 9.31. The fraction of sp³-hybridized carbons (Fsp3) is 0.500. The number of anilines is 1. The number of aliphatic hydroxyl groups is 1. The minimum atomic E-state index is -0.668. The number of hydrogen-bond acceptors (Lipinski definition) is 4. The molecular formula is C16H23BFNO3. The van der Waals surface area contributed by atoms with E-state index in [9.17, 15) is 9.50 Å². The summed E-state index contributed by atoms with van der Waals surface area (Å²) in [5, 5.41) is 9.66. The van der Waals surface area contributed by atoms with Crippen molar-refractivity contribution in [2.75, 3.05) is 12.3 Å². The molecule has 3 N–H and O–H groups in total. The van der Waals surface area contributed by atoms with Crippen molar-refractivity contribution >= 4 is 18.9 Å². The van der Waals surface area contributed by atoms with Gasteiger partial charge in [0.15, 0.2) is 0 Å². The van der Waals surface area contributed by atoms with Crippen molar-refractivity contribution < 1.29 is 18.8 Å². The molecule has 1 aromatic carbocycles. The zero-order valence-electron chi connectivity index (χ0n) is 13.7. The smallest absolute Gasteiger partial charge is 0.400 e. The average Bonchev–Trinajstić information content (AvgIpc) is 2.60. The van der Waals surface area contributed by atoms with Crippen LogP contribution >= 0.6 is 0 Å². The topological polar surface area (TPSA) is 64.7 Å². The molecule has 1 aliphatic heterocycles. The van der Waals surface area contributed by atoms with Crippen LogP contribution in [0.1, 0.15) is 38.8 Å². The lowest BCUT2D eigenvalue weighted by molar-refractivity contribution is 0.00578. The van der Waals surface area contributed by atoms with Gasteiger partial charge in [-0.2, -0.15) is 0 Å². The molecule has 22 heavy (non-hydrogen) atoms. The van der Waals surface area contributed by atoms with Crippen LogP contribution < -0.4 is 5.73 Å². The van der Waals surface area contributed by atoms with E-state index in [0.29, 0.717) is 16.7 Å². The third kappa shape index (κ3) is 3.04. The summed E-state index contributed by atoms with van der Waals surface area (Å²) in [5.74, 6) is -0.416. The van der Waals surface area contributed by atoms with E-state index in [2.05, 4.69) is 0 Å². The Balaban J connectivity index is 2.38. The van der Waals surface area contributed by atoms with Gasteiger partial charge in [-0.3, -0.25) is 0 Å². The summed E-state index contributed by atoms with van der Waals surface area (Å²) < 4.78 is 25.4. The number of rotatable bonds is 3. The molecule has 0 saturated carbocycles. The molecule has 1 saturated heterocycles. The molecule has 0 radical (unpaired) electrons. The third-order valence-corrected chi connectivity index (χ3v) is 4.53. The minimum Gasteiger partial charge on any atom is -0.400 e. The van der Waals surface area contributed by atoms with E-state index in [1.807, 2.05) is 27.7 Å². The highest BCUT2D eigenvalue weighted by Crippen LogP contribution is 2.38. The Labute approximate surface area is 131 Å². The molecule has 0 unspecified atom stereocenters. The maximum Gasteiger partial charge on any atom is 0.492 e. The maximum absolute atomic E-state index is 13.6. The molecule has 2 rings (SSSR count). The average molecular weight is 307 g/mol. The zero-order chi connectivity index (χ0) is 16.7. The van der Waals surface area contributed by atoms with Gasteiger partial charge in [0.25, 0.3) is 0 Å². The highest BCUT2D eigenvalue weighted by Gasteiger charge is 2.52. The molecule has 1 aliphatic rings. The van der Waals surface area contributed by atoms with Gasteiger partial charge >= 0.3 is 7.12 Å². The summed E-state index contributed by atoms with van der Waals surface area (Å²) in [4.78, 5) is 0. The van der Waals surface area contributed by atoms with Gasteiger partial charge in [-0.05, 0) is 63.4 Å². The predicted molar refractivity (Wildman–Crippen MR) is 86.7 cm³/mol. The van der Waals surface area contributed by atoms with Gasteiger partial charge < -0.3 is 20.1 Å². The largest absolute Gasteiger partial charge is 0.492 e. The number of hydrogen-bond donors (Lipinski definition) is 2. The van der Waals surface area contributed by atoms with Crippen LogP contribution in [0.15, 0.2) is 17.6 Å². The van der Waals surface area contributed by atoms with Crippen LogP contribution in [0.25, 0.3) is 6.08 Å². The summed E-state index contributed by atoms with van der Waals surface area (Å²) in [7, 11) is -0.668. The van der Waals surface area contributed by atoms with Gasteiger partial charge in [0.1, 0.15) is 5.82 Å². The first-order valence-corrected chi connectivity index (χ1v) is 7.30. The van der Waals surface area contributed by atoms with Crippen molar-refractivity contribution in [2.45, 2.75) is 45.8 Å². The van der Waals surface area contributed by atoms with Crippen LogP contribution in [0, 0.1) is 12.7 Å². The summed E-state index contributed by atoms with van der Waals surface area (Å²) in [5.41, 5.74) is 7.06. The van der Waals surface area contributed by atoms with E-state index in [4.69, 9.17) is 15.0 Å². The number of benzene rings is 1. The van der Waals surface area contributed by atoms with Gasteiger partial charge in [0, 0.05) is 5.69 Å². The van der Waals surface area contributed by atoms with E-state index >= 15 is 0 Å². The Bertz CT molecular complexity index is 598. The summed E-state index contributed by atoms with van der Waals surface area (Å²) in [6.07, 6.45) is 1.68. The monoisotopic (exact) mass is 307 g/mol. The normalized spacial score (nSPS) is 20.5. The molecule has 6 heteroatoms. The van der Waals surface area contributed by atoms with Crippen LogP contribution in [0.3, 0.4) is 0 Å². The quantitative estimate of drug-likeness (QED) is 0.666. The van der Waals surface area contributed by atoms with Gasteiger partial charge in [0.05, 0.1) is 17.8 Å². The van der Waals surface area contributed by atoms with E-state index in [-0.39, 0.29) is 6.61 Å². The molecule has 1 aromatic rings. The second kappa shape index (κ2) is 5.68. The molecule has 1 fully saturated rings. The van der Waals surface area contributed by atoms with Gasteiger partial charge in [-0.15, -0.1) is 0 Å². The lowest BCUT2D eigenvalue weighted by Crippen LogP contribution is -2.41. The number of aliphatic hydroxyl groups excluding tert-OH is 1. The van der Waals surface area contributed by atoms with Crippen molar-refractivity contribution in [1.29, 1.82) is 0 Å². The van der Waals surface area contributed by atoms with Crippen molar-refractivity contribution in [3.05, 3.63) is 34.5 Å². The Morgan fingerprint density at radius 2 is 1.82 bits per heavy atom. The summed E-state index contributed by atoms with van der Waals surface area (Å²) in [6, 6.07) is 2.66. The first kappa shape index (κ1) is 17.0. The number of nitrogen functional groups attached to an aromatic ring is 1. The second-order valence-electron chi connectivity index (χ2n) is 6.67. The second-order valence-corrected chi connectivity index (χ2v) is 6.67. The zero-order valence-corrected chi connectivity index (χ0v) is 13.7. The lowest BCUT2D eigenvalue weighted by atomic mass is 9.77. The predicted octanol–water partition coefficient (Wildman–Crippen LogP) is 2.72. The SMILES string of the molecule is Cc1c(N)cc(F)cc1C=C(CO)B1OC(C)(C)C(C)(C)O1. The van der Waals surface area contributed by atoms with Crippen molar-refractivity contribution in [3.8, 4) is 0 Å². The Morgan fingerprint density at radius 3 is 2.32 bits per heavy atom. The highest BCUT2D eigenvalue weighted by atomic mass is 19.1. The van der Waals surface area contributed by atoms with Gasteiger partial charge in [-0.1, -0.05) is 6.08 Å². The third-order valence-electron chi connectivity index (χ3n) is 4.53. The molecule has 0 bridgehead atoms. The van der Waals surface area contributed by atoms with Gasteiger partial charge in [-0.25, -0.2) is 4.39 Å². The Kier molecular flexibility index (Phi) is 4.39. The first-order chi connectivity index (χ1) is 10.1.